The van der Waals surface area contributed by atoms with Gasteiger partial charge in [-0.1, -0.05) is 6.07 Å². The number of hydrogen-bond donors (Lipinski definition) is 2. The number of nitrogen functional groups attached to an aromatic ring is 1. The molecule has 1 aromatic carbocycles. The van der Waals surface area contributed by atoms with Crippen molar-refractivity contribution < 1.29 is 4.79 Å². The molecule has 1 aliphatic heterocycles. The van der Waals surface area contributed by atoms with Crippen LogP contribution < -0.4 is 16.4 Å². The van der Waals surface area contributed by atoms with Gasteiger partial charge in [0.2, 0.25) is 0 Å². The van der Waals surface area contributed by atoms with Crippen molar-refractivity contribution in [1.82, 2.24) is 4.90 Å². The van der Waals surface area contributed by atoms with E-state index in [1.165, 1.54) is 0 Å². The van der Waals surface area contributed by atoms with Gasteiger partial charge in [-0.15, -0.1) is 0 Å². The fourth-order valence-electron chi connectivity index (χ4n) is 2.48. The Morgan fingerprint density at radius 2 is 2.17 bits per heavy atom. The van der Waals surface area contributed by atoms with Crippen LogP contribution in [0.15, 0.2) is 18.2 Å². The number of nitrogens with zero attached hydrogens (tertiary/aromatic N) is 2. The molecule has 5 heteroatoms. The van der Waals surface area contributed by atoms with Crippen LogP contribution in [-0.2, 0) is 0 Å². The van der Waals surface area contributed by atoms with E-state index in [0.29, 0.717) is 17.3 Å². The van der Waals surface area contributed by atoms with Crippen LogP contribution in [0.2, 0.25) is 0 Å². The van der Waals surface area contributed by atoms with Crippen LogP contribution >= 0.6 is 0 Å². The average molecular weight is 248 g/mol. The molecule has 2 rings (SSSR count). The van der Waals surface area contributed by atoms with Gasteiger partial charge in [0, 0.05) is 19.1 Å². The molecule has 1 fully saturated rings. The molecular weight excluding hydrogens is 228 g/mol. The summed E-state index contributed by atoms with van der Waals surface area (Å²) in [7, 11) is 4.13. The Morgan fingerprint density at radius 3 is 2.72 bits per heavy atom. The summed E-state index contributed by atoms with van der Waals surface area (Å²) in [6.07, 6.45) is 1.07. The van der Waals surface area contributed by atoms with E-state index in [9.17, 15) is 4.79 Å². The van der Waals surface area contributed by atoms with Crippen molar-refractivity contribution in [3.05, 3.63) is 23.8 Å². The minimum atomic E-state index is -0.425. The first-order valence-corrected chi connectivity index (χ1v) is 6.10. The first-order valence-electron chi connectivity index (χ1n) is 6.10. The Morgan fingerprint density at radius 1 is 1.44 bits per heavy atom. The Labute approximate surface area is 107 Å². The number of likely N-dealkylation sites (N-methyl/N-ethyl adjacent to an activating group) is 1. The molecule has 1 aliphatic rings. The van der Waals surface area contributed by atoms with E-state index >= 15 is 0 Å². The predicted octanol–water partition coefficient (Wildman–Crippen LogP) is 0.508. The minimum absolute atomic E-state index is 0.425. The third-order valence-electron chi connectivity index (χ3n) is 3.54. The van der Waals surface area contributed by atoms with Gasteiger partial charge in [0.05, 0.1) is 16.9 Å². The summed E-state index contributed by atoms with van der Waals surface area (Å²) in [4.78, 5) is 15.8. The zero-order valence-electron chi connectivity index (χ0n) is 10.9. The van der Waals surface area contributed by atoms with Crippen molar-refractivity contribution in [3.8, 4) is 0 Å². The smallest absolute Gasteiger partial charge is 0.250 e. The topological polar surface area (TPSA) is 75.6 Å². The lowest BCUT2D eigenvalue weighted by atomic mass is 10.1. The lowest BCUT2D eigenvalue weighted by Crippen LogP contribution is -2.32. The molecule has 18 heavy (non-hydrogen) atoms. The van der Waals surface area contributed by atoms with Crippen molar-refractivity contribution in [3.63, 3.8) is 0 Å². The van der Waals surface area contributed by atoms with Gasteiger partial charge in [-0.25, -0.2) is 0 Å². The molecule has 1 atom stereocenters. The number of anilines is 2. The highest BCUT2D eigenvalue weighted by atomic mass is 16.1. The van der Waals surface area contributed by atoms with Crippen LogP contribution in [0.25, 0.3) is 0 Å². The summed E-state index contributed by atoms with van der Waals surface area (Å²) in [6, 6.07) is 5.80. The number of nitrogens with two attached hydrogens (primary N) is 2. The molecule has 0 bridgehead atoms. The van der Waals surface area contributed by atoms with E-state index < -0.39 is 5.91 Å². The average Bonchev–Trinajstić information content (AvgIpc) is 2.77. The largest absolute Gasteiger partial charge is 0.397 e. The number of carbonyl (C=O) groups is 1. The summed E-state index contributed by atoms with van der Waals surface area (Å²) in [5, 5.41) is 0. The third kappa shape index (κ3) is 2.26. The summed E-state index contributed by atoms with van der Waals surface area (Å²) >= 11 is 0. The van der Waals surface area contributed by atoms with Gasteiger partial charge in [-0.3, -0.25) is 4.79 Å². The number of benzene rings is 1. The number of para-hydroxylation sites is 1. The molecule has 0 aliphatic carbocycles. The summed E-state index contributed by atoms with van der Waals surface area (Å²) < 4.78 is 0. The Kier molecular flexibility index (Phi) is 3.43. The quantitative estimate of drug-likeness (QED) is 0.764. The zero-order valence-corrected chi connectivity index (χ0v) is 10.9. The molecule has 98 valence electrons. The molecular formula is C13H20N4O. The van der Waals surface area contributed by atoms with Crippen molar-refractivity contribution in [2.45, 2.75) is 12.5 Å². The monoisotopic (exact) mass is 248 g/mol. The summed E-state index contributed by atoms with van der Waals surface area (Å²) in [5.74, 6) is -0.425. The molecule has 0 spiro atoms. The van der Waals surface area contributed by atoms with E-state index in [-0.39, 0.29) is 0 Å². The van der Waals surface area contributed by atoms with E-state index in [0.717, 1.165) is 25.2 Å². The highest BCUT2D eigenvalue weighted by Crippen LogP contribution is 2.31. The van der Waals surface area contributed by atoms with Gasteiger partial charge >= 0.3 is 0 Å². The van der Waals surface area contributed by atoms with Gasteiger partial charge in [0.1, 0.15) is 0 Å². The maximum Gasteiger partial charge on any atom is 0.250 e. The van der Waals surface area contributed by atoms with Gasteiger partial charge in [0.15, 0.2) is 0 Å². The van der Waals surface area contributed by atoms with Gasteiger partial charge in [-0.2, -0.15) is 0 Å². The van der Waals surface area contributed by atoms with E-state index in [1.807, 2.05) is 6.07 Å². The highest BCUT2D eigenvalue weighted by Gasteiger charge is 2.27. The zero-order chi connectivity index (χ0) is 13.3. The van der Waals surface area contributed by atoms with Crippen molar-refractivity contribution >= 4 is 17.3 Å². The van der Waals surface area contributed by atoms with Gasteiger partial charge in [-0.05, 0) is 32.6 Å². The molecule has 0 saturated carbocycles. The van der Waals surface area contributed by atoms with E-state index in [1.54, 1.807) is 12.1 Å². The molecule has 1 saturated heterocycles. The molecule has 5 nitrogen and oxygen atoms in total. The summed E-state index contributed by atoms with van der Waals surface area (Å²) in [6.45, 7) is 1.78. The fraction of sp³-hybridized carbons (Fsp3) is 0.462. The number of primary amides is 1. The van der Waals surface area contributed by atoms with E-state index in [2.05, 4.69) is 23.9 Å². The summed E-state index contributed by atoms with van der Waals surface area (Å²) in [5.41, 5.74) is 13.3. The van der Waals surface area contributed by atoms with Crippen LogP contribution in [-0.4, -0.2) is 44.0 Å². The lowest BCUT2D eigenvalue weighted by Gasteiger charge is -2.24. The third-order valence-corrected chi connectivity index (χ3v) is 3.54. The molecule has 1 heterocycles. The van der Waals surface area contributed by atoms with Crippen molar-refractivity contribution in [2.75, 3.05) is 37.8 Å². The molecule has 0 aromatic heterocycles. The molecule has 0 radical (unpaired) electrons. The molecule has 4 N–H and O–H groups in total. The predicted molar refractivity (Wildman–Crippen MR) is 73.7 cm³/mol. The Hall–Kier alpha value is -1.75. The maximum atomic E-state index is 11.5. The first-order chi connectivity index (χ1) is 8.50. The van der Waals surface area contributed by atoms with Crippen molar-refractivity contribution in [1.29, 1.82) is 0 Å². The Balaban J connectivity index is 2.32. The van der Waals surface area contributed by atoms with Crippen LogP contribution in [0.5, 0.6) is 0 Å². The first kappa shape index (κ1) is 12.7. The lowest BCUT2D eigenvalue weighted by molar-refractivity contribution is 0.100. The van der Waals surface area contributed by atoms with E-state index in [4.69, 9.17) is 11.5 Å². The molecule has 1 amide bonds. The SMILES string of the molecule is CN(C)C1CCN(c2c(N)cccc2C(N)=O)C1. The molecule has 1 unspecified atom stereocenters. The second-order valence-electron chi connectivity index (χ2n) is 4.96. The van der Waals surface area contributed by atoms with Crippen LogP contribution in [0.3, 0.4) is 0 Å². The fourth-order valence-corrected chi connectivity index (χ4v) is 2.48. The van der Waals surface area contributed by atoms with Crippen LogP contribution in [0.1, 0.15) is 16.8 Å². The number of rotatable bonds is 3. The number of hydrogen-bond acceptors (Lipinski definition) is 4. The van der Waals surface area contributed by atoms with Gasteiger partial charge < -0.3 is 21.3 Å². The highest BCUT2D eigenvalue weighted by molar-refractivity contribution is 6.01. The molecule has 1 aromatic rings. The minimum Gasteiger partial charge on any atom is -0.397 e. The maximum absolute atomic E-state index is 11.5. The second kappa shape index (κ2) is 4.86. The van der Waals surface area contributed by atoms with Gasteiger partial charge in [0.25, 0.3) is 5.91 Å². The number of carbonyl (C=O) groups excluding carboxylic acids is 1. The van der Waals surface area contributed by atoms with Crippen LogP contribution in [0, 0.1) is 0 Å². The van der Waals surface area contributed by atoms with Crippen molar-refractivity contribution in [2.24, 2.45) is 5.73 Å². The standard InChI is InChI=1S/C13H20N4O/c1-16(2)9-6-7-17(8-9)12-10(13(15)18)4-3-5-11(12)14/h3-5,9H,6-8,14H2,1-2H3,(H2,15,18). The number of amides is 1. The second-order valence-corrected chi connectivity index (χ2v) is 4.96. The Bertz CT molecular complexity index is 458. The van der Waals surface area contributed by atoms with Crippen LogP contribution in [0.4, 0.5) is 11.4 Å². The normalized spacial score (nSPS) is 19.5.